The number of furan rings is 1. The van der Waals surface area contributed by atoms with Gasteiger partial charge >= 0.3 is 0 Å². The van der Waals surface area contributed by atoms with Crippen LogP contribution < -0.4 is 16.4 Å². The van der Waals surface area contributed by atoms with Crippen molar-refractivity contribution in [2.45, 2.75) is 26.3 Å². The summed E-state index contributed by atoms with van der Waals surface area (Å²) in [6.07, 6.45) is 4.93. The SMILES string of the molecule is CC[C@H](C)[C@H](NC(=O)CNC(=O)C=Cc1ccco1)C(N)=O. The van der Waals surface area contributed by atoms with Gasteiger partial charge in [0.25, 0.3) is 0 Å². The molecular formula is C15H21N3O4. The highest BCUT2D eigenvalue weighted by Gasteiger charge is 2.23. The molecule has 0 aliphatic carbocycles. The fourth-order valence-corrected chi connectivity index (χ4v) is 1.72. The molecule has 0 aliphatic heterocycles. The Labute approximate surface area is 128 Å². The molecule has 0 radical (unpaired) electrons. The molecule has 0 saturated carbocycles. The molecule has 0 saturated heterocycles. The summed E-state index contributed by atoms with van der Waals surface area (Å²) in [6.45, 7) is 3.48. The van der Waals surface area contributed by atoms with E-state index in [1.807, 2.05) is 13.8 Å². The summed E-state index contributed by atoms with van der Waals surface area (Å²) in [5.74, 6) is -1.04. The van der Waals surface area contributed by atoms with E-state index < -0.39 is 23.8 Å². The number of primary amides is 1. The van der Waals surface area contributed by atoms with Crippen LogP contribution in [-0.2, 0) is 14.4 Å². The highest BCUT2D eigenvalue weighted by Crippen LogP contribution is 2.06. The summed E-state index contributed by atoms with van der Waals surface area (Å²) in [5, 5.41) is 4.94. The van der Waals surface area contributed by atoms with E-state index in [0.29, 0.717) is 12.2 Å². The number of amides is 3. The standard InChI is InChI=1S/C15H21N3O4/c1-3-10(2)14(15(16)21)18-13(20)9-17-12(19)7-6-11-5-4-8-22-11/h4-8,10,14H,3,9H2,1-2H3,(H2,16,21)(H,17,19)(H,18,20)/t10-,14-/m0/s1. The van der Waals surface area contributed by atoms with Gasteiger partial charge < -0.3 is 20.8 Å². The number of rotatable bonds is 8. The molecule has 7 nitrogen and oxygen atoms in total. The van der Waals surface area contributed by atoms with E-state index in [1.54, 1.807) is 12.1 Å². The lowest BCUT2D eigenvalue weighted by atomic mass is 9.98. The van der Waals surface area contributed by atoms with Gasteiger partial charge in [0.2, 0.25) is 17.7 Å². The van der Waals surface area contributed by atoms with Crippen LogP contribution in [0.3, 0.4) is 0 Å². The lowest BCUT2D eigenvalue weighted by Crippen LogP contribution is -2.50. The zero-order valence-corrected chi connectivity index (χ0v) is 12.7. The lowest BCUT2D eigenvalue weighted by Gasteiger charge is -2.21. The minimum Gasteiger partial charge on any atom is -0.465 e. The molecule has 7 heteroatoms. The first kappa shape index (κ1) is 17.5. The Morgan fingerprint density at radius 3 is 2.68 bits per heavy atom. The lowest BCUT2D eigenvalue weighted by molar-refractivity contribution is -0.128. The first-order valence-electron chi connectivity index (χ1n) is 7.02. The molecule has 0 fully saturated rings. The van der Waals surface area contributed by atoms with E-state index in [0.717, 1.165) is 0 Å². The van der Waals surface area contributed by atoms with Crippen molar-refractivity contribution in [3.63, 3.8) is 0 Å². The Balaban J connectivity index is 2.41. The smallest absolute Gasteiger partial charge is 0.244 e. The Morgan fingerprint density at radius 1 is 1.41 bits per heavy atom. The summed E-state index contributed by atoms with van der Waals surface area (Å²) < 4.78 is 5.03. The molecule has 1 aromatic rings. The molecule has 1 heterocycles. The molecule has 0 bridgehead atoms. The van der Waals surface area contributed by atoms with Crippen LogP contribution in [0.2, 0.25) is 0 Å². The summed E-state index contributed by atoms with van der Waals surface area (Å²) in [6, 6.07) is 2.65. The average Bonchev–Trinajstić information content (AvgIpc) is 3.00. The molecule has 120 valence electrons. The van der Waals surface area contributed by atoms with Gasteiger partial charge in [0.05, 0.1) is 12.8 Å². The van der Waals surface area contributed by atoms with Gasteiger partial charge in [-0.1, -0.05) is 20.3 Å². The topological polar surface area (TPSA) is 114 Å². The number of hydrogen-bond acceptors (Lipinski definition) is 4. The summed E-state index contributed by atoms with van der Waals surface area (Å²) in [4.78, 5) is 34.6. The Hall–Kier alpha value is -2.57. The normalized spacial score (nSPS) is 13.5. The molecule has 0 aromatic carbocycles. The molecular weight excluding hydrogens is 286 g/mol. The Morgan fingerprint density at radius 2 is 2.14 bits per heavy atom. The summed E-state index contributed by atoms with van der Waals surface area (Å²) in [7, 11) is 0. The largest absolute Gasteiger partial charge is 0.465 e. The number of carbonyl (C=O) groups is 3. The molecule has 22 heavy (non-hydrogen) atoms. The number of nitrogens with one attached hydrogen (secondary N) is 2. The van der Waals surface area contributed by atoms with Crippen molar-refractivity contribution in [1.29, 1.82) is 0 Å². The molecule has 2 atom stereocenters. The van der Waals surface area contributed by atoms with Gasteiger partial charge in [0, 0.05) is 6.08 Å². The van der Waals surface area contributed by atoms with Crippen molar-refractivity contribution in [2.75, 3.05) is 6.54 Å². The van der Waals surface area contributed by atoms with Crippen molar-refractivity contribution in [3.8, 4) is 0 Å². The first-order valence-corrected chi connectivity index (χ1v) is 7.02. The Kier molecular flexibility index (Phi) is 6.88. The second-order valence-electron chi connectivity index (χ2n) is 4.90. The van der Waals surface area contributed by atoms with E-state index in [1.165, 1.54) is 18.4 Å². The third kappa shape index (κ3) is 5.82. The van der Waals surface area contributed by atoms with E-state index in [9.17, 15) is 14.4 Å². The highest BCUT2D eigenvalue weighted by molar-refractivity contribution is 5.94. The van der Waals surface area contributed by atoms with Gasteiger partial charge in [-0.15, -0.1) is 0 Å². The first-order chi connectivity index (χ1) is 10.4. The molecule has 3 amide bonds. The van der Waals surface area contributed by atoms with Gasteiger partial charge in [-0.05, 0) is 24.1 Å². The molecule has 0 aliphatic rings. The molecule has 4 N–H and O–H groups in total. The van der Waals surface area contributed by atoms with Crippen LogP contribution in [0.4, 0.5) is 0 Å². The van der Waals surface area contributed by atoms with Crippen molar-refractivity contribution in [2.24, 2.45) is 11.7 Å². The highest BCUT2D eigenvalue weighted by atomic mass is 16.3. The summed E-state index contributed by atoms with van der Waals surface area (Å²) >= 11 is 0. The Bertz CT molecular complexity index is 537. The van der Waals surface area contributed by atoms with Crippen LogP contribution in [-0.4, -0.2) is 30.3 Å². The number of carbonyl (C=O) groups excluding carboxylic acids is 3. The van der Waals surface area contributed by atoms with Crippen molar-refractivity contribution >= 4 is 23.8 Å². The zero-order valence-electron chi connectivity index (χ0n) is 12.7. The van der Waals surface area contributed by atoms with E-state index in [4.69, 9.17) is 10.2 Å². The van der Waals surface area contributed by atoms with E-state index >= 15 is 0 Å². The van der Waals surface area contributed by atoms with Crippen LogP contribution in [0.1, 0.15) is 26.0 Å². The average molecular weight is 307 g/mol. The molecule has 1 rings (SSSR count). The predicted octanol–water partition coefficient (Wildman–Crippen LogP) is 0.425. The maximum Gasteiger partial charge on any atom is 0.244 e. The third-order valence-corrected chi connectivity index (χ3v) is 3.20. The van der Waals surface area contributed by atoms with Gasteiger partial charge in [0.15, 0.2) is 0 Å². The molecule has 0 spiro atoms. The van der Waals surface area contributed by atoms with Crippen LogP contribution in [0, 0.1) is 5.92 Å². The number of nitrogens with two attached hydrogens (primary N) is 1. The minimum atomic E-state index is -0.743. The van der Waals surface area contributed by atoms with Gasteiger partial charge in [0.1, 0.15) is 11.8 Å². The van der Waals surface area contributed by atoms with Crippen molar-refractivity contribution in [3.05, 3.63) is 30.2 Å². The van der Waals surface area contributed by atoms with Gasteiger partial charge in [-0.25, -0.2) is 0 Å². The van der Waals surface area contributed by atoms with Crippen molar-refractivity contribution < 1.29 is 18.8 Å². The minimum absolute atomic E-state index is 0.0731. The van der Waals surface area contributed by atoms with Crippen LogP contribution in [0.5, 0.6) is 0 Å². The van der Waals surface area contributed by atoms with Crippen LogP contribution in [0.25, 0.3) is 6.08 Å². The monoisotopic (exact) mass is 307 g/mol. The van der Waals surface area contributed by atoms with E-state index in [2.05, 4.69) is 10.6 Å². The fraction of sp³-hybridized carbons (Fsp3) is 0.400. The van der Waals surface area contributed by atoms with Crippen molar-refractivity contribution in [1.82, 2.24) is 10.6 Å². The number of hydrogen-bond donors (Lipinski definition) is 3. The zero-order chi connectivity index (χ0) is 16.5. The second-order valence-corrected chi connectivity index (χ2v) is 4.90. The van der Waals surface area contributed by atoms with Gasteiger partial charge in [-0.3, -0.25) is 14.4 Å². The predicted molar refractivity (Wildman–Crippen MR) is 81.3 cm³/mol. The maximum absolute atomic E-state index is 11.7. The maximum atomic E-state index is 11.7. The van der Waals surface area contributed by atoms with Crippen LogP contribution in [0.15, 0.2) is 28.9 Å². The quantitative estimate of drug-likeness (QED) is 0.604. The molecule has 0 unspecified atom stereocenters. The van der Waals surface area contributed by atoms with E-state index in [-0.39, 0.29) is 12.5 Å². The fourth-order valence-electron chi connectivity index (χ4n) is 1.72. The van der Waals surface area contributed by atoms with Gasteiger partial charge in [-0.2, -0.15) is 0 Å². The third-order valence-electron chi connectivity index (χ3n) is 3.20. The summed E-state index contributed by atoms with van der Waals surface area (Å²) in [5.41, 5.74) is 5.26. The van der Waals surface area contributed by atoms with Crippen LogP contribution >= 0.6 is 0 Å². The molecule has 1 aromatic heterocycles. The second kappa shape index (κ2) is 8.66.